The molecule has 2 aliphatic rings. The Morgan fingerprint density at radius 3 is 2.52 bits per heavy atom. The number of hydrogen-bond donors (Lipinski definition) is 1. The Bertz CT molecular complexity index is 699. The molecule has 0 aromatic heterocycles. The minimum Gasteiger partial charge on any atom is -0.493 e. The Morgan fingerprint density at radius 2 is 1.89 bits per heavy atom. The molecule has 3 rings (SSSR count). The van der Waals surface area contributed by atoms with Crippen LogP contribution in [0.15, 0.2) is 24.3 Å². The van der Waals surface area contributed by atoms with Crippen LogP contribution in [0, 0.1) is 11.8 Å². The maximum atomic E-state index is 12.5. The Kier molecular flexibility index (Phi) is 5.98. The summed E-state index contributed by atoms with van der Waals surface area (Å²) >= 11 is 0. The monoisotopic (exact) mass is 374 g/mol. The van der Waals surface area contributed by atoms with Crippen molar-refractivity contribution < 1.29 is 24.2 Å². The average molecular weight is 374 g/mol. The molecule has 0 bridgehead atoms. The molecule has 1 saturated carbocycles. The molecule has 0 radical (unpaired) electrons. The molecule has 1 aromatic rings. The summed E-state index contributed by atoms with van der Waals surface area (Å²) in [5.74, 6) is -0.456. The molecule has 1 aromatic carbocycles. The molecule has 1 aliphatic carbocycles. The minimum atomic E-state index is -0.874. The van der Waals surface area contributed by atoms with E-state index in [9.17, 15) is 14.4 Å². The normalized spacial score (nSPS) is 19.4. The van der Waals surface area contributed by atoms with Crippen molar-refractivity contribution in [2.24, 2.45) is 11.8 Å². The number of carboxylic acid groups (broad SMARTS) is 1. The molecular weight excluding hydrogens is 348 g/mol. The van der Waals surface area contributed by atoms with Crippen molar-refractivity contribution in [2.45, 2.75) is 25.7 Å². The number of benzene rings is 1. The first kappa shape index (κ1) is 19.2. The van der Waals surface area contributed by atoms with E-state index in [1.54, 1.807) is 36.2 Å². The van der Waals surface area contributed by atoms with Crippen LogP contribution in [0.2, 0.25) is 0 Å². The molecule has 1 aliphatic heterocycles. The summed E-state index contributed by atoms with van der Waals surface area (Å²) in [6, 6.07) is 6.94. The third kappa shape index (κ3) is 5.21. The summed E-state index contributed by atoms with van der Waals surface area (Å²) < 4.78 is 5.66. The quantitative estimate of drug-likeness (QED) is 0.787. The first-order chi connectivity index (χ1) is 12.9. The Morgan fingerprint density at radius 1 is 1.19 bits per heavy atom. The van der Waals surface area contributed by atoms with E-state index in [-0.39, 0.29) is 24.9 Å². The highest BCUT2D eigenvalue weighted by Crippen LogP contribution is 2.29. The number of carbonyl (C=O) groups is 3. The van der Waals surface area contributed by atoms with Gasteiger partial charge in [0.15, 0.2) is 0 Å². The number of ether oxygens (including phenoxy) is 1. The minimum absolute atomic E-state index is 0.0644. The number of carboxylic acids is 1. The lowest BCUT2D eigenvalue weighted by Crippen LogP contribution is -2.46. The maximum Gasteiger partial charge on any atom is 0.308 e. The van der Waals surface area contributed by atoms with Crippen LogP contribution in [0.3, 0.4) is 0 Å². The van der Waals surface area contributed by atoms with E-state index in [0.29, 0.717) is 30.9 Å². The third-order valence-electron chi connectivity index (χ3n) is 5.13. The Labute approximate surface area is 158 Å². The van der Waals surface area contributed by atoms with E-state index in [1.807, 2.05) is 0 Å². The number of amides is 2. The van der Waals surface area contributed by atoms with Gasteiger partial charge in [-0.15, -0.1) is 0 Å². The summed E-state index contributed by atoms with van der Waals surface area (Å²) in [6.45, 7) is 1.40. The van der Waals surface area contributed by atoms with Crippen LogP contribution in [0.4, 0.5) is 0 Å². The molecule has 7 nitrogen and oxygen atoms in total. The fraction of sp³-hybridized carbons (Fsp3) is 0.550. The molecule has 1 saturated heterocycles. The largest absolute Gasteiger partial charge is 0.493 e. The van der Waals surface area contributed by atoms with Crippen molar-refractivity contribution in [1.29, 1.82) is 0 Å². The smallest absolute Gasteiger partial charge is 0.308 e. The second kappa shape index (κ2) is 8.41. The average Bonchev–Trinajstić information content (AvgIpc) is 3.50. The SMILES string of the molecule is CN(CC(=O)N1CCCC(C(=O)O)C1)C(=O)c1ccc(OCC2CC2)cc1. The molecule has 1 unspecified atom stereocenters. The lowest BCUT2D eigenvalue weighted by atomic mass is 9.98. The summed E-state index contributed by atoms with van der Waals surface area (Å²) in [5, 5.41) is 9.14. The van der Waals surface area contributed by atoms with Crippen molar-refractivity contribution in [2.75, 3.05) is 33.3 Å². The third-order valence-corrected chi connectivity index (χ3v) is 5.13. The van der Waals surface area contributed by atoms with Gasteiger partial charge in [0.05, 0.1) is 19.1 Å². The standard InChI is InChI=1S/C20H26N2O5/c1-21(12-18(23)22-10-2-3-16(11-22)20(25)26)19(24)15-6-8-17(9-7-15)27-13-14-4-5-14/h6-9,14,16H,2-5,10-13H2,1H3,(H,25,26). The molecule has 1 heterocycles. The highest BCUT2D eigenvalue weighted by Gasteiger charge is 2.29. The molecule has 1 N–H and O–H groups in total. The molecule has 2 amide bonds. The van der Waals surface area contributed by atoms with Gasteiger partial charge in [-0.3, -0.25) is 14.4 Å². The van der Waals surface area contributed by atoms with Gasteiger partial charge in [0.2, 0.25) is 5.91 Å². The van der Waals surface area contributed by atoms with Crippen LogP contribution < -0.4 is 4.74 Å². The van der Waals surface area contributed by atoms with Gasteiger partial charge >= 0.3 is 5.97 Å². The van der Waals surface area contributed by atoms with Gasteiger partial charge in [-0.1, -0.05) is 0 Å². The fourth-order valence-electron chi connectivity index (χ4n) is 3.19. The van der Waals surface area contributed by atoms with E-state index in [2.05, 4.69) is 0 Å². The van der Waals surface area contributed by atoms with Crippen LogP contribution >= 0.6 is 0 Å². The first-order valence-electron chi connectivity index (χ1n) is 9.43. The van der Waals surface area contributed by atoms with Gasteiger partial charge < -0.3 is 19.6 Å². The summed E-state index contributed by atoms with van der Waals surface area (Å²) in [7, 11) is 1.58. The molecule has 7 heteroatoms. The van der Waals surface area contributed by atoms with Gasteiger partial charge in [0, 0.05) is 25.7 Å². The summed E-state index contributed by atoms with van der Waals surface area (Å²) in [5.41, 5.74) is 0.492. The topological polar surface area (TPSA) is 87.2 Å². The van der Waals surface area contributed by atoms with Crippen LogP contribution in [-0.2, 0) is 9.59 Å². The van der Waals surface area contributed by atoms with Gasteiger partial charge in [-0.25, -0.2) is 0 Å². The Balaban J connectivity index is 1.51. The number of piperidine rings is 1. The van der Waals surface area contributed by atoms with E-state index < -0.39 is 11.9 Å². The highest BCUT2D eigenvalue weighted by atomic mass is 16.5. The predicted octanol–water partition coefficient (Wildman–Crippen LogP) is 1.87. The van der Waals surface area contributed by atoms with Crippen molar-refractivity contribution in [1.82, 2.24) is 9.80 Å². The number of carbonyl (C=O) groups excluding carboxylic acids is 2. The zero-order chi connectivity index (χ0) is 19.4. The predicted molar refractivity (Wildman–Crippen MR) is 98.6 cm³/mol. The number of aliphatic carboxylic acids is 1. The van der Waals surface area contributed by atoms with Crippen molar-refractivity contribution in [3.63, 3.8) is 0 Å². The van der Waals surface area contributed by atoms with Crippen molar-refractivity contribution in [3.8, 4) is 5.75 Å². The van der Waals surface area contributed by atoms with Crippen LogP contribution in [-0.4, -0.2) is 66.0 Å². The van der Waals surface area contributed by atoms with Crippen LogP contribution in [0.5, 0.6) is 5.75 Å². The summed E-state index contributed by atoms with van der Waals surface area (Å²) in [4.78, 5) is 39.0. The number of likely N-dealkylation sites (N-methyl/N-ethyl adjacent to an activating group) is 1. The van der Waals surface area contributed by atoms with E-state index in [0.717, 1.165) is 12.4 Å². The van der Waals surface area contributed by atoms with Gasteiger partial charge in [-0.2, -0.15) is 0 Å². The van der Waals surface area contributed by atoms with Gasteiger partial charge in [0.1, 0.15) is 5.75 Å². The van der Waals surface area contributed by atoms with Crippen LogP contribution in [0.25, 0.3) is 0 Å². The summed E-state index contributed by atoms with van der Waals surface area (Å²) in [6.07, 6.45) is 3.70. The number of nitrogens with zero attached hydrogens (tertiary/aromatic N) is 2. The molecule has 27 heavy (non-hydrogen) atoms. The number of likely N-dealkylation sites (tertiary alicyclic amines) is 1. The molecule has 1 atom stereocenters. The zero-order valence-electron chi connectivity index (χ0n) is 15.6. The number of hydrogen-bond acceptors (Lipinski definition) is 4. The molecular formula is C20H26N2O5. The second-order valence-electron chi connectivity index (χ2n) is 7.46. The van der Waals surface area contributed by atoms with Gasteiger partial charge in [-0.05, 0) is 55.9 Å². The van der Waals surface area contributed by atoms with Crippen LogP contribution in [0.1, 0.15) is 36.0 Å². The van der Waals surface area contributed by atoms with Gasteiger partial charge in [0.25, 0.3) is 5.91 Å². The molecule has 2 fully saturated rings. The molecule has 146 valence electrons. The van der Waals surface area contributed by atoms with E-state index >= 15 is 0 Å². The first-order valence-corrected chi connectivity index (χ1v) is 9.43. The lowest BCUT2D eigenvalue weighted by molar-refractivity contribution is -0.145. The second-order valence-corrected chi connectivity index (χ2v) is 7.46. The maximum absolute atomic E-state index is 12.5. The van der Waals surface area contributed by atoms with Crippen molar-refractivity contribution >= 4 is 17.8 Å². The fourth-order valence-corrected chi connectivity index (χ4v) is 3.19. The zero-order valence-corrected chi connectivity index (χ0v) is 15.6. The Hall–Kier alpha value is -2.57. The lowest BCUT2D eigenvalue weighted by Gasteiger charge is -2.32. The number of rotatable bonds is 7. The molecule has 0 spiro atoms. The van der Waals surface area contributed by atoms with Crippen molar-refractivity contribution in [3.05, 3.63) is 29.8 Å². The van der Waals surface area contributed by atoms with E-state index in [1.165, 1.54) is 17.7 Å². The van der Waals surface area contributed by atoms with E-state index in [4.69, 9.17) is 9.84 Å². The highest BCUT2D eigenvalue weighted by molar-refractivity contribution is 5.96.